The SMILES string of the molecule is COc1ccc(-c2cn(Cc3cc(-c4ccccc4)no3)nn2)cc1. The van der Waals surface area contributed by atoms with E-state index in [4.69, 9.17) is 9.26 Å². The van der Waals surface area contributed by atoms with E-state index in [1.807, 2.05) is 66.9 Å². The van der Waals surface area contributed by atoms with Crippen LogP contribution >= 0.6 is 0 Å². The van der Waals surface area contributed by atoms with E-state index in [2.05, 4.69) is 15.5 Å². The lowest BCUT2D eigenvalue weighted by Gasteiger charge is -1.99. The van der Waals surface area contributed by atoms with E-state index in [-0.39, 0.29) is 0 Å². The number of benzene rings is 2. The molecule has 0 aliphatic rings. The molecular weight excluding hydrogens is 316 g/mol. The molecule has 0 saturated carbocycles. The van der Waals surface area contributed by atoms with Gasteiger partial charge in [-0.3, -0.25) is 0 Å². The fourth-order valence-electron chi connectivity index (χ4n) is 2.56. The van der Waals surface area contributed by atoms with Crippen LogP contribution in [0.1, 0.15) is 5.76 Å². The molecule has 0 fully saturated rings. The number of rotatable bonds is 5. The average Bonchev–Trinajstić information content (AvgIpc) is 3.33. The molecule has 0 N–H and O–H groups in total. The summed E-state index contributed by atoms with van der Waals surface area (Å²) in [5.41, 5.74) is 3.61. The Bertz CT molecular complexity index is 959. The van der Waals surface area contributed by atoms with Gasteiger partial charge in [-0.05, 0) is 24.3 Å². The number of hydrogen-bond donors (Lipinski definition) is 0. The maximum absolute atomic E-state index is 5.41. The molecule has 4 rings (SSSR count). The molecule has 2 aromatic carbocycles. The van der Waals surface area contributed by atoms with E-state index < -0.39 is 0 Å². The third kappa shape index (κ3) is 3.28. The molecule has 0 amide bonds. The van der Waals surface area contributed by atoms with Crippen molar-refractivity contribution >= 4 is 0 Å². The van der Waals surface area contributed by atoms with Gasteiger partial charge in [0.25, 0.3) is 0 Å². The molecule has 0 radical (unpaired) electrons. The number of aromatic nitrogens is 4. The number of hydrogen-bond acceptors (Lipinski definition) is 5. The smallest absolute Gasteiger partial charge is 0.158 e. The lowest BCUT2D eigenvalue weighted by Crippen LogP contribution is -1.98. The van der Waals surface area contributed by atoms with Crippen LogP contribution in [-0.4, -0.2) is 27.3 Å². The summed E-state index contributed by atoms with van der Waals surface area (Å²) in [5.74, 6) is 1.54. The molecule has 6 nitrogen and oxygen atoms in total. The van der Waals surface area contributed by atoms with E-state index in [0.717, 1.165) is 34.0 Å². The van der Waals surface area contributed by atoms with Crippen LogP contribution in [0.25, 0.3) is 22.5 Å². The quantitative estimate of drug-likeness (QED) is 0.558. The largest absolute Gasteiger partial charge is 0.497 e. The summed E-state index contributed by atoms with van der Waals surface area (Å²) in [7, 11) is 1.65. The monoisotopic (exact) mass is 332 g/mol. The zero-order valence-corrected chi connectivity index (χ0v) is 13.7. The molecule has 2 aromatic heterocycles. The molecule has 0 atom stereocenters. The number of ether oxygens (including phenoxy) is 1. The number of nitrogens with zero attached hydrogens (tertiary/aromatic N) is 4. The molecule has 0 spiro atoms. The Morgan fingerprint density at radius 1 is 0.960 bits per heavy atom. The second kappa shape index (κ2) is 6.60. The molecule has 4 aromatic rings. The summed E-state index contributed by atoms with van der Waals surface area (Å²) < 4.78 is 12.3. The van der Waals surface area contributed by atoms with Gasteiger partial charge in [0.05, 0.1) is 13.3 Å². The van der Waals surface area contributed by atoms with Gasteiger partial charge in [-0.15, -0.1) is 5.10 Å². The molecule has 124 valence electrons. The van der Waals surface area contributed by atoms with Gasteiger partial charge in [0.15, 0.2) is 5.76 Å². The first kappa shape index (κ1) is 15.1. The maximum Gasteiger partial charge on any atom is 0.158 e. The summed E-state index contributed by atoms with van der Waals surface area (Å²) in [5, 5.41) is 12.5. The van der Waals surface area contributed by atoms with Crippen LogP contribution in [0.4, 0.5) is 0 Å². The Kier molecular flexibility index (Phi) is 4.00. The Balaban J connectivity index is 1.50. The Hall–Kier alpha value is -3.41. The minimum Gasteiger partial charge on any atom is -0.497 e. The Morgan fingerprint density at radius 3 is 2.48 bits per heavy atom. The van der Waals surface area contributed by atoms with Crippen LogP contribution in [0, 0.1) is 0 Å². The predicted octanol–water partition coefficient (Wildman–Crippen LogP) is 3.66. The summed E-state index contributed by atoms with van der Waals surface area (Å²) in [6.45, 7) is 0.475. The summed E-state index contributed by atoms with van der Waals surface area (Å²) in [4.78, 5) is 0. The van der Waals surface area contributed by atoms with Crippen LogP contribution in [0.3, 0.4) is 0 Å². The van der Waals surface area contributed by atoms with E-state index in [0.29, 0.717) is 6.54 Å². The highest BCUT2D eigenvalue weighted by Gasteiger charge is 2.09. The minimum atomic E-state index is 0.475. The fourth-order valence-corrected chi connectivity index (χ4v) is 2.56. The molecule has 25 heavy (non-hydrogen) atoms. The molecule has 0 saturated heterocycles. The van der Waals surface area contributed by atoms with Crippen molar-refractivity contribution in [2.45, 2.75) is 6.54 Å². The van der Waals surface area contributed by atoms with Gasteiger partial charge in [0.1, 0.15) is 23.7 Å². The van der Waals surface area contributed by atoms with Crippen LogP contribution in [0.5, 0.6) is 5.75 Å². The van der Waals surface area contributed by atoms with Gasteiger partial charge in [0, 0.05) is 17.2 Å². The molecule has 0 aliphatic carbocycles. The van der Waals surface area contributed by atoms with Crippen molar-refractivity contribution in [3.05, 3.63) is 72.6 Å². The van der Waals surface area contributed by atoms with Gasteiger partial charge < -0.3 is 9.26 Å². The van der Waals surface area contributed by atoms with Gasteiger partial charge in [0.2, 0.25) is 0 Å². The molecule has 0 aliphatic heterocycles. The van der Waals surface area contributed by atoms with E-state index in [1.54, 1.807) is 11.8 Å². The summed E-state index contributed by atoms with van der Waals surface area (Å²) >= 11 is 0. The van der Waals surface area contributed by atoms with Gasteiger partial charge >= 0.3 is 0 Å². The third-order valence-corrected chi connectivity index (χ3v) is 3.87. The highest BCUT2D eigenvalue weighted by Crippen LogP contribution is 2.21. The average molecular weight is 332 g/mol. The predicted molar refractivity (Wildman–Crippen MR) is 93.1 cm³/mol. The first-order chi connectivity index (χ1) is 12.3. The van der Waals surface area contributed by atoms with Gasteiger partial charge in [-0.2, -0.15) is 0 Å². The highest BCUT2D eigenvalue weighted by molar-refractivity contribution is 5.59. The van der Waals surface area contributed by atoms with Crippen LogP contribution < -0.4 is 4.74 Å². The van der Waals surface area contributed by atoms with Crippen LogP contribution in [-0.2, 0) is 6.54 Å². The van der Waals surface area contributed by atoms with Gasteiger partial charge in [-0.25, -0.2) is 4.68 Å². The minimum absolute atomic E-state index is 0.475. The van der Waals surface area contributed by atoms with Gasteiger partial charge in [-0.1, -0.05) is 40.7 Å². The molecule has 6 heteroatoms. The zero-order chi connectivity index (χ0) is 17.1. The summed E-state index contributed by atoms with van der Waals surface area (Å²) in [6, 6.07) is 19.5. The molecule has 0 unspecified atom stereocenters. The normalized spacial score (nSPS) is 10.8. The standard InChI is InChI=1S/C19H16N4O2/c1-24-16-9-7-15(8-10-16)19-13-23(22-20-19)12-17-11-18(21-25-17)14-5-3-2-4-6-14/h2-11,13H,12H2,1H3. The van der Waals surface area contributed by atoms with Crippen molar-refractivity contribution in [2.24, 2.45) is 0 Å². The fraction of sp³-hybridized carbons (Fsp3) is 0.105. The first-order valence-electron chi connectivity index (χ1n) is 7.87. The van der Waals surface area contributed by atoms with E-state index in [9.17, 15) is 0 Å². The van der Waals surface area contributed by atoms with Crippen molar-refractivity contribution in [1.82, 2.24) is 20.2 Å². The van der Waals surface area contributed by atoms with Crippen LogP contribution in [0.2, 0.25) is 0 Å². The molecule has 0 bridgehead atoms. The highest BCUT2D eigenvalue weighted by atomic mass is 16.5. The topological polar surface area (TPSA) is 66.0 Å². The first-order valence-corrected chi connectivity index (χ1v) is 7.87. The Morgan fingerprint density at radius 2 is 1.72 bits per heavy atom. The van der Waals surface area contributed by atoms with Crippen molar-refractivity contribution in [3.8, 4) is 28.3 Å². The Labute approximate surface area is 144 Å². The lowest BCUT2D eigenvalue weighted by molar-refractivity contribution is 0.372. The second-order valence-electron chi connectivity index (χ2n) is 5.57. The van der Waals surface area contributed by atoms with E-state index in [1.165, 1.54) is 0 Å². The van der Waals surface area contributed by atoms with Crippen molar-refractivity contribution in [1.29, 1.82) is 0 Å². The third-order valence-electron chi connectivity index (χ3n) is 3.87. The number of methoxy groups -OCH3 is 1. The summed E-state index contributed by atoms with van der Waals surface area (Å²) in [6.07, 6.45) is 1.88. The lowest BCUT2D eigenvalue weighted by atomic mass is 10.1. The molecular formula is C19H16N4O2. The maximum atomic E-state index is 5.41. The van der Waals surface area contributed by atoms with Crippen LogP contribution in [0.15, 0.2) is 71.4 Å². The van der Waals surface area contributed by atoms with Crippen molar-refractivity contribution in [3.63, 3.8) is 0 Å². The zero-order valence-electron chi connectivity index (χ0n) is 13.7. The van der Waals surface area contributed by atoms with Crippen molar-refractivity contribution < 1.29 is 9.26 Å². The molecule has 2 heterocycles. The second-order valence-corrected chi connectivity index (χ2v) is 5.57. The van der Waals surface area contributed by atoms with Crippen molar-refractivity contribution in [2.75, 3.05) is 7.11 Å². The van der Waals surface area contributed by atoms with E-state index >= 15 is 0 Å².